The van der Waals surface area contributed by atoms with Gasteiger partial charge in [0.05, 0.1) is 0 Å². The van der Waals surface area contributed by atoms with Crippen molar-refractivity contribution in [1.29, 1.82) is 0 Å². The summed E-state index contributed by atoms with van der Waals surface area (Å²) in [5.74, 6) is 0.177. The lowest BCUT2D eigenvalue weighted by atomic mass is 10.1. The van der Waals surface area contributed by atoms with Crippen LogP contribution < -0.4 is 10.2 Å². The van der Waals surface area contributed by atoms with Gasteiger partial charge in [0.15, 0.2) is 0 Å². The highest BCUT2D eigenvalue weighted by molar-refractivity contribution is 5.98. The molecule has 0 bridgehead atoms. The van der Waals surface area contributed by atoms with Crippen molar-refractivity contribution in [1.82, 2.24) is 10.2 Å². The Morgan fingerprint density at radius 1 is 1.07 bits per heavy atom. The van der Waals surface area contributed by atoms with Crippen molar-refractivity contribution >= 4 is 17.5 Å². The molecule has 28 heavy (non-hydrogen) atoms. The number of anilines is 1. The third-order valence-corrected chi connectivity index (χ3v) is 6.74. The average molecular weight is 384 g/mol. The second-order valence-corrected chi connectivity index (χ2v) is 8.59. The van der Waals surface area contributed by atoms with Crippen LogP contribution in [0.2, 0.25) is 0 Å². The molecule has 5 heteroatoms. The van der Waals surface area contributed by atoms with E-state index < -0.39 is 0 Å². The number of fused-ring (bicyclic) bond motifs is 1. The number of rotatable bonds is 4. The minimum absolute atomic E-state index is 0.0239. The molecule has 1 N–H and O–H groups in total. The maximum absolute atomic E-state index is 12.8. The fourth-order valence-corrected chi connectivity index (χ4v) is 5.12. The summed E-state index contributed by atoms with van der Waals surface area (Å²) in [6.45, 7) is 4.71. The van der Waals surface area contributed by atoms with E-state index in [0.717, 1.165) is 49.3 Å². The number of nitrogens with zero attached hydrogens (tertiary/aromatic N) is 2. The van der Waals surface area contributed by atoms with Crippen LogP contribution in [0.1, 0.15) is 74.2 Å². The first-order valence-corrected chi connectivity index (χ1v) is 11.1. The number of carbonyl (C=O) groups is 2. The van der Waals surface area contributed by atoms with Crippen LogP contribution in [-0.2, 0) is 11.2 Å². The van der Waals surface area contributed by atoms with Crippen LogP contribution in [0.5, 0.6) is 0 Å². The Kier molecular flexibility index (Phi) is 6.00. The molecule has 2 heterocycles. The zero-order chi connectivity index (χ0) is 19.5. The van der Waals surface area contributed by atoms with Gasteiger partial charge in [-0.1, -0.05) is 32.6 Å². The van der Waals surface area contributed by atoms with Crippen LogP contribution in [-0.4, -0.2) is 48.4 Å². The van der Waals surface area contributed by atoms with Gasteiger partial charge in [-0.05, 0) is 49.4 Å². The molecule has 1 aromatic rings. The average Bonchev–Trinajstić information content (AvgIpc) is 3.26. The SMILES string of the molecule is CCC(=O)N1CCc2cc(C(=O)NC3CCN(C4CCCCCC4)C3)ccc21. The molecule has 1 aliphatic carbocycles. The number of nitrogens with one attached hydrogen (secondary N) is 1. The maximum atomic E-state index is 12.8. The predicted molar refractivity (Wildman–Crippen MR) is 112 cm³/mol. The van der Waals surface area contributed by atoms with Crippen LogP contribution >= 0.6 is 0 Å². The van der Waals surface area contributed by atoms with Gasteiger partial charge in [0, 0.05) is 49.4 Å². The van der Waals surface area contributed by atoms with E-state index in [1.807, 2.05) is 30.0 Å². The van der Waals surface area contributed by atoms with Crippen molar-refractivity contribution in [2.24, 2.45) is 0 Å². The van der Waals surface area contributed by atoms with E-state index >= 15 is 0 Å². The minimum atomic E-state index is 0.0239. The highest BCUT2D eigenvalue weighted by Crippen LogP contribution is 2.30. The van der Waals surface area contributed by atoms with Gasteiger partial charge in [-0.15, -0.1) is 0 Å². The second kappa shape index (κ2) is 8.64. The molecule has 0 aromatic heterocycles. The zero-order valence-electron chi connectivity index (χ0n) is 17.1. The Morgan fingerprint density at radius 3 is 2.61 bits per heavy atom. The summed E-state index contributed by atoms with van der Waals surface area (Å²) in [7, 11) is 0. The van der Waals surface area contributed by atoms with Gasteiger partial charge in [-0.25, -0.2) is 0 Å². The van der Waals surface area contributed by atoms with E-state index in [0.29, 0.717) is 12.5 Å². The Bertz CT molecular complexity index is 725. The van der Waals surface area contributed by atoms with Gasteiger partial charge in [-0.3, -0.25) is 14.5 Å². The van der Waals surface area contributed by atoms with Gasteiger partial charge in [0.2, 0.25) is 5.91 Å². The molecule has 3 aliphatic rings. The van der Waals surface area contributed by atoms with E-state index in [1.165, 1.54) is 38.5 Å². The zero-order valence-corrected chi connectivity index (χ0v) is 17.1. The number of carbonyl (C=O) groups excluding carboxylic acids is 2. The number of likely N-dealkylation sites (tertiary alicyclic amines) is 1. The molecular weight excluding hydrogens is 350 g/mol. The molecule has 1 saturated heterocycles. The highest BCUT2D eigenvalue weighted by atomic mass is 16.2. The van der Waals surface area contributed by atoms with E-state index in [1.54, 1.807) is 0 Å². The smallest absolute Gasteiger partial charge is 0.251 e. The standard InChI is InChI=1S/C23H33N3O2/c1-2-22(27)26-14-11-17-15-18(9-10-21(17)26)23(28)24-19-12-13-25(16-19)20-7-5-3-4-6-8-20/h9-10,15,19-20H,2-8,11-14,16H2,1H3,(H,24,28). The molecule has 152 valence electrons. The van der Waals surface area contributed by atoms with Crippen molar-refractivity contribution in [3.05, 3.63) is 29.3 Å². The van der Waals surface area contributed by atoms with Gasteiger partial charge in [0.25, 0.3) is 5.91 Å². The van der Waals surface area contributed by atoms with Crippen molar-refractivity contribution < 1.29 is 9.59 Å². The summed E-state index contributed by atoms with van der Waals surface area (Å²) < 4.78 is 0. The second-order valence-electron chi connectivity index (χ2n) is 8.59. The molecular formula is C23H33N3O2. The molecule has 2 fully saturated rings. The number of benzene rings is 1. The van der Waals surface area contributed by atoms with Crippen LogP contribution in [0.15, 0.2) is 18.2 Å². The summed E-state index contributed by atoms with van der Waals surface area (Å²) in [6, 6.07) is 6.75. The quantitative estimate of drug-likeness (QED) is 0.810. The lowest BCUT2D eigenvalue weighted by molar-refractivity contribution is -0.118. The van der Waals surface area contributed by atoms with Crippen LogP contribution in [0, 0.1) is 0 Å². The monoisotopic (exact) mass is 383 g/mol. The fourth-order valence-electron chi connectivity index (χ4n) is 5.12. The van der Waals surface area contributed by atoms with Crippen molar-refractivity contribution in [2.45, 2.75) is 76.8 Å². The summed E-state index contributed by atoms with van der Waals surface area (Å²) in [5.41, 5.74) is 2.81. The molecule has 1 unspecified atom stereocenters. The Balaban J connectivity index is 1.35. The largest absolute Gasteiger partial charge is 0.348 e. The van der Waals surface area contributed by atoms with E-state index in [4.69, 9.17) is 0 Å². The topological polar surface area (TPSA) is 52.7 Å². The fraction of sp³-hybridized carbons (Fsp3) is 0.652. The van der Waals surface area contributed by atoms with Crippen LogP contribution in [0.25, 0.3) is 0 Å². The Morgan fingerprint density at radius 2 is 1.86 bits per heavy atom. The van der Waals surface area contributed by atoms with Crippen LogP contribution in [0.4, 0.5) is 5.69 Å². The molecule has 0 radical (unpaired) electrons. The third-order valence-electron chi connectivity index (χ3n) is 6.74. The van der Waals surface area contributed by atoms with Gasteiger partial charge >= 0.3 is 0 Å². The third kappa shape index (κ3) is 4.09. The molecule has 1 aromatic carbocycles. The van der Waals surface area contributed by atoms with Crippen LogP contribution in [0.3, 0.4) is 0 Å². The summed E-state index contributed by atoms with van der Waals surface area (Å²) in [5, 5.41) is 3.26. The Labute approximate surface area is 168 Å². The van der Waals surface area contributed by atoms with Gasteiger partial charge < -0.3 is 10.2 Å². The minimum Gasteiger partial charge on any atom is -0.348 e. The highest BCUT2D eigenvalue weighted by Gasteiger charge is 2.30. The van der Waals surface area contributed by atoms with Gasteiger partial charge in [-0.2, -0.15) is 0 Å². The first-order valence-electron chi connectivity index (χ1n) is 11.1. The molecule has 2 aliphatic heterocycles. The molecule has 1 atom stereocenters. The molecule has 5 nitrogen and oxygen atoms in total. The molecule has 2 amide bonds. The maximum Gasteiger partial charge on any atom is 0.251 e. The summed E-state index contributed by atoms with van der Waals surface area (Å²) in [4.78, 5) is 29.3. The first kappa shape index (κ1) is 19.4. The van der Waals surface area contributed by atoms with E-state index in [-0.39, 0.29) is 17.9 Å². The first-order chi connectivity index (χ1) is 13.7. The molecule has 4 rings (SSSR count). The molecule has 1 saturated carbocycles. The van der Waals surface area contributed by atoms with Crippen molar-refractivity contribution in [3.8, 4) is 0 Å². The predicted octanol–water partition coefficient (Wildman–Crippen LogP) is 3.51. The van der Waals surface area contributed by atoms with E-state index in [9.17, 15) is 9.59 Å². The lowest BCUT2D eigenvalue weighted by Crippen LogP contribution is -2.39. The van der Waals surface area contributed by atoms with E-state index in [2.05, 4.69) is 10.2 Å². The van der Waals surface area contributed by atoms with Gasteiger partial charge in [0.1, 0.15) is 0 Å². The number of amides is 2. The normalized spacial score (nSPS) is 23.5. The lowest BCUT2D eigenvalue weighted by Gasteiger charge is -2.26. The summed E-state index contributed by atoms with van der Waals surface area (Å²) in [6.07, 6.45) is 10.5. The molecule has 0 spiro atoms. The number of hydrogen-bond acceptors (Lipinski definition) is 3. The summed E-state index contributed by atoms with van der Waals surface area (Å²) >= 11 is 0. The number of hydrogen-bond donors (Lipinski definition) is 1. The Hall–Kier alpha value is -1.88. The van der Waals surface area contributed by atoms with Crippen molar-refractivity contribution in [3.63, 3.8) is 0 Å². The van der Waals surface area contributed by atoms with Crippen molar-refractivity contribution in [2.75, 3.05) is 24.5 Å².